The molecule has 0 aliphatic rings. The van der Waals surface area contributed by atoms with Gasteiger partial charge in [-0.25, -0.2) is 8.42 Å². The molecule has 0 spiro atoms. The summed E-state index contributed by atoms with van der Waals surface area (Å²) in [5.41, 5.74) is 5.56. The lowest BCUT2D eigenvalue weighted by Crippen LogP contribution is -2.40. The molecule has 0 rings (SSSR count). The SMILES string of the molecule is COCC(N)CS(=O)(=O)C(C)(C)C. The van der Waals surface area contributed by atoms with E-state index in [1.807, 2.05) is 0 Å². The Labute approximate surface area is 80.4 Å². The molecule has 0 heterocycles. The molecule has 4 nitrogen and oxygen atoms in total. The van der Waals surface area contributed by atoms with Crippen LogP contribution in [0.1, 0.15) is 20.8 Å². The Morgan fingerprint density at radius 2 is 1.85 bits per heavy atom. The van der Waals surface area contributed by atoms with Crippen molar-refractivity contribution in [3.05, 3.63) is 0 Å². The van der Waals surface area contributed by atoms with E-state index in [2.05, 4.69) is 0 Å². The maximum atomic E-state index is 11.6. The van der Waals surface area contributed by atoms with E-state index in [9.17, 15) is 8.42 Å². The third-order valence-electron chi connectivity index (χ3n) is 1.75. The van der Waals surface area contributed by atoms with Crippen LogP contribution in [-0.2, 0) is 14.6 Å². The van der Waals surface area contributed by atoms with Crippen molar-refractivity contribution in [2.75, 3.05) is 19.5 Å². The fourth-order valence-corrected chi connectivity index (χ4v) is 1.95. The van der Waals surface area contributed by atoms with E-state index in [0.29, 0.717) is 0 Å². The van der Waals surface area contributed by atoms with Gasteiger partial charge in [0.15, 0.2) is 9.84 Å². The predicted molar refractivity (Wildman–Crippen MR) is 53.4 cm³/mol. The summed E-state index contributed by atoms with van der Waals surface area (Å²) in [6, 6.07) is -0.436. The Morgan fingerprint density at radius 3 is 2.15 bits per heavy atom. The van der Waals surface area contributed by atoms with Crippen molar-refractivity contribution in [1.82, 2.24) is 0 Å². The minimum Gasteiger partial charge on any atom is -0.383 e. The highest BCUT2D eigenvalue weighted by Gasteiger charge is 2.30. The predicted octanol–water partition coefficient (Wildman–Crippen LogP) is 0.173. The average Bonchev–Trinajstić information content (AvgIpc) is 1.83. The molecular weight excluding hydrogens is 190 g/mol. The maximum Gasteiger partial charge on any atom is 0.156 e. The van der Waals surface area contributed by atoms with Crippen LogP contribution in [0.4, 0.5) is 0 Å². The van der Waals surface area contributed by atoms with Gasteiger partial charge in [0.1, 0.15) is 0 Å². The molecule has 5 heteroatoms. The monoisotopic (exact) mass is 209 g/mol. The summed E-state index contributed by atoms with van der Waals surface area (Å²) in [5.74, 6) is -0.0235. The second-order valence-electron chi connectivity index (χ2n) is 4.11. The first-order valence-corrected chi connectivity index (χ1v) is 5.83. The highest BCUT2D eigenvalue weighted by atomic mass is 32.2. The minimum atomic E-state index is -3.12. The van der Waals surface area contributed by atoms with Gasteiger partial charge in [-0.05, 0) is 20.8 Å². The van der Waals surface area contributed by atoms with Crippen molar-refractivity contribution < 1.29 is 13.2 Å². The van der Waals surface area contributed by atoms with E-state index in [0.717, 1.165) is 0 Å². The van der Waals surface area contributed by atoms with Crippen LogP contribution in [0.3, 0.4) is 0 Å². The summed E-state index contributed by atoms with van der Waals surface area (Å²) < 4.78 is 27.2. The first-order chi connectivity index (χ1) is 5.70. The lowest BCUT2D eigenvalue weighted by molar-refractivity contribution is 0.185. The zero-order valence-electron chi connectivity index (χ0n) is 8.70. The quantitative estimate of drug-likeness (QED) is 0.716. The van der Waals surface area contributed by atoms with Gasteiger partial charge in [0.2, 0.25) is 0 Å². The lowest BCUT2D eigenvalue weighted by atomic mass is 10.3. The largest absolute Gasteiger partial charge is 0.383 e. The molecule has 0 saturated heterocycles. The molecule has 0 aromatic rings. The summed E-state index contributed by atoms with van der Waals surface area (Å²) in [7, 11) is -1.62. The normalized spacial score (nSPS) is 15.8. The summed E-state index contributed by atoms with van der Waals surface area (Å²) in [4.78, 5) is 0. The van der Waals surface area contributed by atoms with E-state index in [1.54, 1.807) is 20.8 Å². The molecule has 0 aliphatic carbocycles. The maximum absolute atomic E-state index is 11.6. The molecule has 2 N–H and O–H groups in total. The number of hydrogen-bond acceptors (Lipinski definition) is 4. The van der Waals surface area contributed by atoms with Gasteiger partial charge in [-0.3, -0.25) is 0 Å². The van der Waals surface area contributed by atoms with Crippen molar-refractivity contribution in [1.29, 1.82) is 0 Å². The molecule has 1 atom stereocenters. The van der Waals surface area contributed by atoms with E-state index in [4.69, 9.17) is 10.5 Å². The van der Waals surface area contributed by atoms with E-state index in [-0.39, 0.29) is 12.4 Å². The first-order valence-electron chi connectivity index (χ1n) is 4.17. The van der Waals surface area contributed by atoms with E-state index in [1.165, 1.54) is 7.11 Å². The number of sulfone groups is 1. The van der Waals surface area contributed by atoms with E-state index < -0.39 is 20.6 Å². The third-order valence-corrected chi connectivity index (χ3v) is 4.48. The highest BCUT2D eigenvalue weighted by Crippen LogP contribution is 2.16. The fourth-order valence-electron chi connectivity index (χ4n) is 0.794. The Hall–Kier alpha value is -0.130. The summed E-state index contributed by atoms with van der Waals surface area (Å²) in [6.45, 7) is 5.28. The molecule has 0 aromatic carbocycles. The van der Waals surface area contributed by atoms with E-state index >= 15 is 0 Å². The average molecular weight is 209 g/mol. The molecule has 0 aliphatic heterocycles. The van der Waals surface area contributed by atoms with Crippen LogP contribution in [0.5, 0.6) is 0 Å². The zero-order valence-corrected chi connectivity index (χ0v) is 9.52. The first kappa shape index (κ1) is 12.9. The number of nitrogens with two attached hydrogens (primary N) is 1. The van der Waals surface area contributed by atoms with Gasteiger partial charge in [0.25, 0.3) is 0 Å². The molecule has 0 aromatic heterocycles. The smallest absolute Gasteiger partial charge is 0.156 e. The Bertz CT molecular complexity index is 241. The highest BCUT2D eigenvalue weighted by molar-refractivity contribution is 7.92. The van der Waals surface area contributed by atoms with Gasteiger partial charge in [0.05, 0.1) is 17.1 Å². The van der Waals surface area contributed by atoms with Crippen molar-refractivity contribution >= 4 is 9.84 Å². The van der Waals surface area contributed by atoms with Crippen LogP contribution < -0.4 is 5.73 Å². The van der Waals surface area contributed by atoms with Crippen LogP contribution in [0.25, 0.3) is 0 Å². The van der Waals surface area contributed by atoms with Crippen molar-refractivity contribution in [2.24, 2.45) is 5.73 Å². The fraction of sp³-hybridized carbons (Fsp3) is 1.00. The van der Waals surface area contributed by atoms with Gasteiger partial charge < -0.3 is 10.5 Å². The second kappa shape index (κ2) is 4.39. The lowest BCUT2D eigenvalue weighted by Gasteiger charge is -2.21. The summed E-state index contributed by atoms with van der Waals surface area (Å²) >= 11 is 0. The Morgan fingerprint density at radius 1 is 1.38 bits per heavy atom. The molecular formula is C8H19NO3S. The standard InChI is InChI=1S/C8H19NO3S/c1-8(2,3)13(10,11)6-7(9)5-12-4/h7H,5-6,9H2,1-4H3. The molecule has 0 bridgehead atoms. The van der Waals surface area contributed by atoms with Gasteiger partial charge >= 0.3 is 0 Å². The van der Waals surface area contributed by atoms with Gasteiger partial charge in [0, 0.05) is 13.2 Å². The van der Waals surface area contributed by atoms with Crippen LogP contribution in [-0.4, -0.2) is 38.7 Å². The number of hydrogen-bond donors (Lipinski definition) is 1. The van der Waals surface area contributed by atoms with Crippen molar-refractivity contribution in [3.63, 3.8) is 0 Å². The van der Waals surface area contributed by atoms with Gasteiger partial charge in [-0.1, -0.05) is 0 Å². The van der Waals surface area contributed by atoms with Gasteiger partial charge in [-0.15, -0.1) is 0 Å². The second-order valence-corrected chi connectivity index (χ2v) is 6.90. The molecule has 80 valence electrons. The molecule has 1 unspecified atom stereocenters. The third kappa shape index (κ3) is 4.06. The van der Waals surface area contributed by atoms with Crippen molar-refractivity contribution in [3.8, 4) is 0 Å². The summed E-state index contributed by atoms with van der Waals surface area (Å²) in [6.07, 6.45) is 0. The van der Waals surface area contributed by atoms with Crippen LogP contribution in [0, 0.1) is 0 Å². The molecule has 13 heavy (non-hydrogen) atoms. The molecule has 0 fully saturated rings. The van der Waals surface area contributed by atoms with Crippen LogP contribution in [0.2, 0.25) is 0 Å². The topological polar surface area (TPSA) is 69.4 Å². The number of ether oxygens (including phenoxy) is 1. The number of rotatable bonds is 4. The molecule has 0 saturated carbocycles. The zero-order chi connectivity index (χ0) is 10.7. The molecule has 0 amide bonds. The summed E-state index contributed by atoms with van der Waals surface area (Å²) in [5, 5.41) is 0. The van der Waals surface area contributed by atoms with Crippen molar-refractivity contribution in [2.45, 2.75) is 31.6 Å². The Balaban J connectivity index is 4.36. The van der Waals surface area contributed by atoms with Crippen LogP contribution in [0.15, 0.2) is 0 Å². The Kier molecular flexibility index (Phi) is 4.35. The van der Waals surface area contributed by atoms with Gasteiger partial charge in [-0.2, -0.15) is 0 Å². The van der Waals surface area contributed by atoms with Crippen LogP contribution >= 0.6 is 0 Å². The molecule has 0 radical (unpaired) electrons. The number of methoxy groups -OCH3 is 1. The minimum absolute atomic E-state index is 0.0235.